The number of aromatic nitrogens is 1. The summed E-state index contributed by atoms with van der Waals surface area (Å²) in [5.41, 5.74) is 6.00. The highest BCUT2D eigenvalue weighted by Crippen LogP contribution is 2.14. The van der Waals surface area contributed by atoms with Gasteiger partial charge < -0.3 is 20.4 Å². The quantitative estimate of drug-likeness (QED) is 0.858. The van der Waals surface area contributed by atoms with E-state index in [1.165, 1.54) is 12.1 Å². The molecule has 0 aliphatic rings. The summed E-state index contributed by atoms with van der Waals surface area (Å²) in [6.45, 7) is 0. The first-order valence-corrected chi connectivity index (χ1v) is 5.36. The van der Waals surface area contributed by atoms with Crippen molar-refractivity contribution in [2.75, 3.05) is 30.0 Å². The molecular weight excluding hydrogens is 232 g/mol. The second-order valence-corrected chi connectivity index (χ2v) is 3.96. The average Bonchev–Trinajstić information content (AvgIpc) is 2.76. The molecule has 2 aromatic rings. The van der Waals surface area contributed by atoms with Crippen molar-refractivity contribution in [3.63, 3.8) is 0 Å². The Morgan fingerprint density at radius 2 is 2.11 bits per heavy atom. The number of carbonyl (C=O) groups is 1. The third-order valence-corrected chi connectivity index (χ3v) is 2.31. The molecule has 0 unspecified atom stereocenters. The van der Waals surface area contributed by atoms with E-state index in [-0.39, 0.29) is 17.6 Å². The number of nitrogens with zero attached hydrogens (tertiary/aromatic N) is 2. The van der Waals surface area contributed by atoms with Gasteiger partial charge in [0, 0.05) is 20.2 Å². The molecule has 6 heteroatoms. The van der Waals surface area contributed by atoms with Crippen LogP contribution in [0.15, 0.2) is 34.9 Å². The SMILES string of the molecule is CN(C)c1ccc(NC(=O)c2ccc(N)o2)cn1. The maximum absolute atomic E-state index is 11.7. The molecule has 3 N–H and O–H groups in total. The van der Waals surface area contributed by atoms with E-state index in [2.05, 4.69) is 10.3 Å². The predicted octanol–water partition coefficient (Wildman–Crippen LogP) is 1.58. The number of nitrogens with two attached hydrogens (primary N) is 1. The predicted molar refractivity (Wildman–Crippen MR) is 69.6 cm³/mol. The molecular formula is C12H14N4O2. The fraction of sp³-hybridized carbons (Fsp3) is 0.167. The lowest BCUT2D eigenvalue weighted by atomic mass is 10.3. The number of nitrogens with one attached hydrogen (secondary N) is 1. The summed E-state index contributed by atoms with van der Waals surface area (Å²) in [7, 11) is 3.79. The maximum Gasteiger partial charge on any atom is 0.291 e. The molecule has 0 spiro atoms. The van der Waals surface area contributed by atoms with Gasteiger partial charge in [-0.15, -0.1) is 0 Å². The Hall–Kier alpha value is -2.50. The standard InChI is InChI=1S/C12H14N4O2/c1-16(2)11-6-3-8(7-14-11)15-12(17)9-4-5-10(13)18-9/h3-7H,13H2,1-2H3,(H,15,17). The summed E-state index contributed by atoms with van der Waals surface area (Å²) in [5, 5.41) is 2.67. The molecule has 18 heavy (non-hydrogen) atoms. The number of nitrogen functional groups attached to an aromatic ring is 1. The number of hydrogen-bond donors (Lipinski definition) is 2. The topological polar surface area (TPSA) is 84.4 Å². The van der Waals surface area contributed by atoms with Gasteiger partial charge in [-0.2, -0.15) is 0 Å². The van der Waals surface area contributed by atoms with Gasteiger partial charge in [0.25, 0.3) is 5.91 Å². The molecule has 0 bridgehead atoms. The van der Waals surface area contributed by atoms with Gasteiger partial charge in [0.2, 0.25) is 0 Å². The lowest BCUT2D eigenvalue weighted by Crippen LogP contribution is -2.13. The highest BCUT2D eigenvalue weighted by Gasteiger charge is 2.10. The van der Waals surface area contributed by atoms with Crippen LogP contribution >= 0.6 is 0 Å². The van der Waals surface area contributed by atoms with Gasteiger partial charge in [-0.3, -0.25) is 4.79 Å². The second kappa shape index (κ2) is 4.79. The van der Waals surface area contributed by atoms with Crippen LogP contribution in [0.25, 0.3) is 0 Å². The molecule has 0 radical (unpaired) electrons. The van der Waals surface area contributed by atoms with Crippen LogP contribution in [0.2, 0.25) is 0 Å². The molecule has 2 rings (SSSR count). The van der Waals surface area contributed by atoms with Crippen molar-refractivity contribution >= 4 is 23.3 Å². The van der Waals surface area contributed by atoms with Crippen molar-refractivity contribution in [2.24, 2.45) is 0 Å². The van der Waals surface area contributed by atoms with E-state index in [4.69, 9.17) is 10.2 Å². The van der Waals surface area contributed by atoms with Gasteiger partial charge >= 0.3 is 0 Å². The molecule has 0 aliphatic heterocycles. The Morgan fingerprint density at radius 1 is 1.33 bits per heavy atom. The number of rotatable bonds is 3. The van der Waals surface area contributed by atoms with Crippen LogP contribution in [0.5, 0.6) is 0 Å². The van der Waals surface area contributed by atoms with E-state index in [1.54, 1.807) is 12.3 Å². The van der Waals surface area contributed by atoms with Gasteiger partial charge in [-0.1, -0.05) is 0 Å². The zero-order valence-corrected chi connectivity index (χ0v) is 10.2. The zero-order valence-electron chi connectivity index (χ0n) is 10.2. The Morgan fingerprint density at radius 3 is 2.61 bits per heavy atom. The third kappa shape index (κ3) is 2.60. The summed E-state index contributed by atoms with van der Waals surface area (Å²) in [4.78, 5) is 17.8. The highest BCUT2D eigenvalue weighted by atomic mass is 16.4. The van der Waals surface area contributed by atoms with Crippen LogP contribution in [-0.4, -0.2) is 25.0 Å². The third-order valence-electron chi connectivity index (χ3n) is 2.31. The van der Waals surface area contributed by atoms with E-state index < -0.39 is 0 Å². The lowest BCUT2D eigenvalue weighted by Gasteiger charge is -2.11. The van der Waals surface area contributed by atoms with E-state index >= 15 is 0 Å². The van der Waals surface area contributed by atoms with E-state index in [9.17, 15) is 4.79 Å². The molecule has 0 fully saturated rings. The zero-order chi connectivity index (χ0) is 13.1. The minimum absolute atomic E-state index is 0.171. The normalized spacial score (nSPS) is 10.1. The molecule has 0 atom stereocenters. The lowest BCUT2D eigenvalue weighted by molar-refractivity contribution is 0.0997. The highest BCUT2D eigenvalue weighted by molar-refractivity contribution is 6.02. The molecule has 6 nitrogen and oxygen atoms in total. The van der Waals surface area contributed by atoms with Gasteiger partial charge in [0.15, 0.2) is 11.6 Å². The minimum atomic E-state index is -0.355. The minimum Gasteiger partial charge on any atom is -0.436 e. The molecule has 2 aromatic heterocycles. The smallest absolute Gasteiger partial charge is 0.291 e. The number of amides is 1. The summed E-state index contributed by atoms with van der Waals surface area (Å²) >= 11 is 0. The molecule has 0 saturated heterocycles. The van der Waals surface area contributed by atoms with E-state index in [0.717, 1.165) is 5.82 Å². The average molecular weight is 246 g/mol. The van der Waals surface area contributed by atoms with Crippen molar-refractivity contribution in [1.29, 1.82) is 0 Å². The van der Waals surface area contributed by atoms with Gasteiger partial charge in [0.05, 0.1) is 11.9 Å². The summed E-state index contributed by atoms with van der Waals surface area (Å²) in [5.74, 6) is 0.840. The number of pyridine rings is 1. The number of hydrogen-bond acceptors (Lipinski definition) is 5. The van der Waals surface area contributed by atoms with Crippen LogP contribution in [0, 0.1) is 0 Å². The summed E-state index contributed by atoms with van der Waals surface area (Å²) < 4.78 is 5.02. The first-order chi connectivity index (χ1) is 8.56. The number of furan rings is 1. The van der Waals surface area contributed by atoms with Crippen molar-refractivity contribution in [2.45, 2.75) is 0 Å². The first-order valence-electron chi connectivity index (χ1n) is 5.36. The van der Waals surface area contributed by atoms with Crippen molar-refractivity contribution in [1.82, 2.24) is 4.98 Å². The fourth-order valence-corrected chi connectivity index (χ4v) is 1.39. The Kier molecular flexibility index (Phi) is 3.18. The van der Waals surface area contributed by atoms with Crippen LogP contribution in [0.1, 0.15) is 10.6 Å². The van der Waals surface area contributed by atoms with Crippen LogP contribution < -0.4 is 16.0 Å². The molecule has 0 aliphatic carbocycles. The molecule has 0 saturated carbocycles. The van der Waals surface area contributed by atoms with Crippen LogP contribution in [0.4, 0.5) is 17.4 Å². The number of anilines is 3. The fourth-order valence-electron chi connectivity index (χ4n) is 1.39. The van der Waals surface area contributed by atoms with Crippen LogP contribution in [0.3, 0.4) is 0 Å². The Balaban J connectivity index is 2.07. The van der Waals surface area contributed by atoms with Crippen molar-refractivity contribution in [3.8, 4) is 0 Å². The van der Waals surface area contributed by atoms with E-state index in [1.807, 2.05) is 25.1 Å². The Labute approximate surface area is 104 Å². The summed E-state index contributed by atoms with van der Waals surface area (Å²) in [6, 6.07) is 6.63. The van der Waals surface area contributed by atoms with Crippen LogP contribution in [-0.2, 0) is 0 Å². The van der Waals surface area contributed by atoms with E-state index in [0.29, 0.717) is 5.69 Å². The maximum atomic E-state index is 11.7. The van der Waals surface area contributed by atoms with Crippen molar-refractivity contribution < 1.29 is 9.21 Å². The van der Waals surface area contributed by atoms with Gasteiger partial charge in [-0.05, 0) is 18.2 Å². The second-order valence-electron chi connectivity index (χ2n) is 3.96. The molecule has 0 aromatic carbocycles. The molecule has 1 amide bonds. The Bertz CT molecular complexity index is 545. The number of carbonyl (C=O) groups excluding carboxylic acids is 1. The molecule has 94 valence electrons. The monoisotopic (exact) mass is 246 g/mol. The van der Waals surface area contributed by atoms with Gasteiger partial charge in [-0.25, -0.2) is 4.98 Å². The summed E-state index contributed by atoms with van der Waals surface area (Å²) in [6.07, 6.45) is 1.58. The van der Waals surface area contributed by atoms with Crippen molar-refractivity contribution in [3.05, 3.63) is 36.2 Å². The van der Waals surface area contributed by atoms with Gasteiger partial charge in [0.1, 0.15) is 5.82 Å². The first kappa shape index (κ1) is 12.0. The molecule has 2 heterocycles. The largest absolute Gasteiger partial charge is 0.436 e.